The molecule has 0 spiro atoms. The van der Waals surface area contributed by atoms with E-state index in [0.717, 1.165) is 15.9 Å². The number of carbonyl (C=O) groups is 1. The summed E-state index contributed by atoms with van der Waals surface area (Å²) in [5.74, 6) is -0.316. The van der Waals surface area contributed by atoms with Gasteiger partial charge in [-0.3, -0.25) is 0 Å². The van der Waals surface area contributed by atoms with E-state index < -0.39 is 5.60 Å². The predicted octanol–water partition coefficient (Wildman–Crippen LogP) is 4.70. The highest BCUT2D eigenvalue weighted by Crippen LogP contribution is 2.27. The molecular weight excluding hydrogens is 427 g/mol. The maximum Gasteiger partial charge on any atom is 0.483 e. The normalized spacial score (nSPS) is 19.7. The van der Waals surface area contributed by atoms with Crippen LogP contribution in [0.4, 0.5) is 14.9 Å². The molecular formula is C24H39FN2O4Si+. The molecule has 6 nitrogen and oxygen atoms in total. The molecule has 0 unspecified atom stereocenters. The van der Waals surface area contributed by atoms with Crippen molar-refractivity contribution in [3.8, 4) is 0 Å². The molecule has 0 aliphatic carbocycles. The second-order valence-corrected chi connectivity index (χ2v) is 11.9. The SMILES string of the molecule is C[Si+]C(C)(C)CCOC[C@@H]1CN(C(=O)OC(C)(C)C)C[C@@H](CCc2c(N)cccc2F)O1. The van der Waals surface area contributed by atoms with Crippen molar-refractivity contribution in [2.24, 2.45) is 0 Å². The molecule has 1 amide bonds. The van der Waals surface area contributed by atoms with Gasteiger partial charge in [0.2, 0.25) is 0 Å². The number of hydrogen-bond donors (Lipinski definition) is 1. The Kier molecular flexibility index (Phi) is 9.54. The van der Waals surface area contributed by atoms with Crippen LogP contribution in [0.3, 0.4) is 0 Å². The molecule has 0 saturated carbocycles. The molecule has 8 heteroatoms. The van der Waals surface area contributed by atoms with Crippen molar-refractivity contribution in [2.45, 2.75) is 83.3 Å². The molecule has 2 atom stereocenters. The quantitative estimate of drug-likeness (QED) is 0.324. The fourth-order valence-electron chi connectivity index (χ4n) is 3.46. The van der Waals surface area contributed by atoms with Crippen LogP contribution in [0, 0.1) is 5.82 Å². The van der Waals surface area contributed by atoms with Crippen molar-refractivity contribution in [2.75, 3.05) is 32.0 Å². The molecule has 1 aromatic rings. The molecule has 1 aromatic carbocycles. The number of nitrogens with zero attached hydrogens (tertiary/aromatic N) is 1. The first-order valence-electron chi connectivity index (χ1n) is 11.3. The number of nitrogen functional groups attached to an aromatic ring is 1. The second-order valence-electron chi connectivity index (χ2n) is 10.1. The number of carbonyl (C=O) groups excluding carboxylic acids is 1. The number of rotatable bonds is 9. The number of amides is 1. The van der Waals surface area contributed by atoms with Crippen LogP contribution in [0.1, 0.15) is 53.0 Å². The van der Waals surface area contributed by atoms with Crippen LogP contribution in [-0.2, 0) is 20.6 Å². The summed E-state index contributed by atoms with van der Waals surface area (Å²) in [5.41, 5.74) is 6.29. The molecule has 1 heterocycles. The first kappa shape index (κ1) is 26.6. The summed E-state index contributed by atoms with van der Waals surface area (Å²) in [5, 5.41) is 0.262. The highest BCUT2D eigenvalue weighted by atomic mass is 28.2. The molecule has 1 saturated heterocycles. The van der Waals surface area contributed by atoms with E-state index in [2.05, 4.69) is 20.4 Å². The zero-order valence-electron chi connectivity index (χ0n) is 20.4. The maximum atomic E-state index is 14.2. The Labute approximate surface area is 194 Å². The summed E-state index contributed by atoms with van der Waals surface area (Å²) < 4.78 is 31.9. The monoisotopic (exact) mass is 466 g/mol. The smallest absolute Gasteiger partial charge is 0.444 e. The number of hydrogen-bond acceptors (Lipinski definition) is 5. The standard InChI is InChI=1S/C24H39FN2O4Si/c1-23(2,3)31-22(28)27-14-17(10-11-19-20(25)8-7-9-21(19)26)30-18(15-27)16-29-13-12-24(4,5)32-6/h7-9,17-18H,10-16,26H2,1-6H3/q+1/t17-,18+/m1/s1. The van der Waals surface area contributed by atoms with E-state index in [9.17, 15) is 9.18 Å². The predicted molar refractivity (Wildman–Crippen MR) is 127 cm³/mol. The van der Waals surface area contributed by atoms with Crippen LogP contribution in [-0.4, -0.2) is 64.6 Å². The molecule has 32 heavy (non-hydrogen) atoms. The van der Waals surface area contributed by atoms with Gasteiger partial charge in [-0.15, -0.1) is 0 Å². The molecule has 1 aliphatic heterocycles. The summed E-state index contributed by atoms with van der Waals surface area (Å²) in [6.45, 7) is 14.1. The van der Waals surface area contributed by atoms with Crippen molar-refractivity contribution >= 4 is 21.3 Å². The van der Waals surface area contributed by atoms with Gasteiger partial charge >= 0.3 is 15.6 Å². The van der Waals surface area contributed by atoms with Crippen molar-refractivity contribution in [1.82, 2.24) is 4.90 Å². The fraction of sp³-hybridized carbons (Fsp3) is 0.708. The van der Waals surface area contributed by atoms with Crippen LogP contribution >= 0.6 is 0 Å². The molecule has 2 rings (SSSR count). The van der Waals surface area contributed by atoms with Crippen molar-refractivity contribution in [3.05, 3.63) is 29.6 Å². The molecule has 0 aromatic heterocycles. The summed E-state index contributed by atoms with van der Waals surface area (Å²) in [6.07, 6.45) is 1.08. The van der Waals surface area contributed by atoms with E-state index in [0.29, 0.717) is 50.4 Å². The average molecular weight is 467 g/mol. The van der Waals surface area contributed by atoms with Gasteiger partial charge in [0.25, 0.3) is 0 Å². The third-order valence-electron chi connectivity index (χ3n) is 5.61. The molecule has 179 valence electrons. The zero-order chi connectivity index (χ0) is 23.9. The van der Waals surface area contributed by atoms with Crippen LogP contribution in [0.5, 0.6) is 0 Å². The second kappa shape index (κ2) is 11.5. The van der Waals surface area contributed by atoms with Gasteiger partial charge in [-0.2, -0.15) is 0 Å². The van der Waals surface area contributed by atoms with E-state index in [-0.39, 0.29) is 29.2 Å². The molecule has 1 radical (unpaired) electrons. The lowest BCUT2D eigenvalue weighted by molar-refractivity contribution is -0.114. The number of benzene rings is 1. The molecule has 0 bridgehead atoms. The minimum Gasteiger partial charge on any atom is -0.444 e. The van der Waals surface area contributed by atoms with Gasteiger partial charge in [0.05, 0.1) is 38.5 Å². The Bertz CT molecular complexity index is 734. The Morgan fingerprint density at radius 2 is 1.94 bits per heavy atom. The Hall–Kier alpha value is -1.64. The lowest BCUT2D eigenvalue weighted by Crippen LogP contribution is -2.52. The lowest BCUT2D eigenvalue weighted by Gasteiger charge is -2.38. The molecule has 2 N–H and O–H groups in total. The van der Waals surface area contributed by atoms with Gasteiger partial charge in [0.1, 0.15) is 16.5 Å². The van der Waals surface area contributed by atoms with Crippen molar-refractivity contribution in [3.63, 3.8) is 0 Å². The van der Waals surface area contributed by atoms with Gasteiger partial charge in [-0.05, 0) is 59.6 Å². The Morgan fingerprint density at radius 1 is 1.25 bits per heavy atom. The summed E-state index contributed by atoms with van der Waals surface area (Å²) in [7, 11) is 0.847. The van der Waals surface area contributed by atoms with E-state index in [1.165, 1.54) is 6.07 Å². The van der Waals surface area contributed by atoms with Crippen LogP contribution in [0.15, 0.2) is 18.2 Å². The number of halogens is 1. The van der Waals surface area contributed by atoms with Crippen molar-refractivity contribution in [1.29, 1.82) is 0 Å². The number of morpholine rings is 1. The molecule has 1 aliphatic rings. The zero-order valence-corrected chi connectivity index (χ0v) is 21.4. The first-order chi connectivity index (χ1) is 14.9. The molecule has 1 fully saturated rings. The minimum atomic E-state index is -0.578. The highest BCUT2D eigenvalue weighted by Gasteiger charge is 2.34. The van der Waals surface area contributed by atoms with E-state index in [1.54, 1.807) is 17.0 Å². The van der Waals surface area contributed by atoms with E-state index in [1.807, 2.05) is 20.8 Å². The number of nitrogens with two attached hydrogens (primary N) is 1. The van der Waals surface area contributed by atoms with Crippen LogP contribution in [0.2, 0.25) is 11.6 Å². The van der Waals surface area contributed by atoms with Gasteiger partial charge in [0.15, 0.2) is 0 Å². The third kappa shape index (κ3) is 8.71. The van der Waals surface area contributed by atoms with Gasteiger partial charge in [-0.1, -0.05) is 6.07 Å². The first-order valence-corrected chi connectivity index (χ1v) is 12.8. The van der Waals surface area contributed by atoms with E-state index >= 15 is 0 Å². The summed E-state index contributed by atoms with van der Waals surface area (Å²) in [4.78, 5) is 14.4. The lowest BCUT2D eigenvalue weighted by atomic mass is 10.0. The largest absolute Gasteiger partial charge is 0.483 e. The topological polar surface area (TPSA) is 74.0 Å². The van der Waals surface area contributed by atoms with Gasteiger partial charge < -0.3 is 24.8 Å². The van der Waals surface area contributed by atoms with E-state index in [4.69, 9.17) is 19.9 Å². The third-order valence-corrected chi connectivity index (χ3v) is 7.21. The Morgan fingerprint density at radius 3 is 2.56 bits per heavy atom. The average Bonchev–Trinajstić information content (AvgIpc) is 2.69. The highest BCUT2D eigenvalue weighted by molar-refractivity contribution is 6.37. The van der Waals surface area contributed by atoms with Crippen LogP contribution in [0.25, 0.3) is 0 Å². The summed E-state index contributed by atoms with van der Waals surface area (Å²) >= 11 is 0. The van der Waals surface area contributed by atoms with Gasteiger partial charge in [-0.25, -0.2) is 9.18 Å². The summed E-state index contributed by atoms with van der Waals surface area (Å²) in [6, 6.07) is 4.71. The van der Waals surface area contributed by atoms with Gasteiger partial charge in [0, 0.05) is 24.3 Å². The Balaban J connectivity index is 2.00. The maximum absolute atomic E-state index is 14.2. The number of anilines is 1. The minimum absolute atomic E-state index is 0.252. The fourth-order valence-corrected chi connectivity index (χ4v) is 3.81. The van der Waals surface area contributed by atoms with Crippen LogP contribution < -0.4 is 5.73 Å². The number of ether oxygens (including phenoxy) is 3. The van der Waals surface area contributed by atoms with Crippen molar-refractivity contribution < 1.29 is 23.4 Å².